The molecule has 0 saturated carbocycles. The van der Waals surface area contributed by atoms with Gasteiger partial charge in [-0.2, -0.15) is 0 Å². The SMILES string of the molecule is O=C(/C=C/c1ccc(Oc2cccnc2)c(F)c1)NCCc1cccc(F)c1. The van der Waals surface area contributed by atoms with Crippen molar-refractivity contribution in [2.24, 2.45) is 0 Å². The summed E-state index contributed by atoms with van der Waals surface area (Å²) in [6, 6.07) is 14.0. The van der Waals surface area contributed by atoms with E-state index in [0.717, 1.165) is 5.56 Å². The molecular formula is C22H18F2N2O2. The van der Waals surface area contributed by atoms with Crippen LogP contribution in [0.25, 0.3) is 6.08 Å². The number of nitrogens with zero attached hydrogens (tertiary/aromatic N) is 1. The third-order valence-corrected chi connectivity index (χ3v) is 3.85. The van der Waals surface area contributed by atoms with Crippen LogP contribution in [-0.2, 0) is 11.2 Å². The lowest BCUT2D eigenvalue weighted by Gasteiger charge is -2.06. The lowest BCUT2D eigenvalue weighted by atomic mass is 10.1. The van der Waals surface area contributed by atoms with Crippen molar-refractivity contribution < 1.29 is 18.3 Å². The average Bonchev–Trinajstić information content (AvgIpc) is 2.69. The molecule has 3 rings (SSSR count). The highest BCUT2D eigenvalue weighted by molar-refractivity contribution is 5.91. The molecule has 1 heterocycles. The molecule has 1 aromatic heterocycles. The topological polar surface area (TPSA) is 51.2 Å². The number of carbonyl (C=O) groups is 1. The lowest BCUT2D eigenvalue weighted by molar-refractivity contribution is -0.116. The van der Waals surface area contributed by atoms with Gasteiger partial charge < -0.3 is 10.1 Å². The quantitative estimate of drug-likeness (QED) is 0.613. The van der Waals surface area contributed by atoms with Gasteiger partial charge in [0.05, 0.1) is 6.20 Å². The minimum atomic E-state index is -0.544. The molecule has 4 nitrogen and oxygen atoms in total. The fourth-order valence-electron chi connectivity index (χ4n) is 2.49. The van der Waals surface area contributed by atoms with E-state index in [-0.39, 0.29) is 17.5 Å². The number of aromatic nitrogens is 1. The van der Waals surface area contributed by atoms with Gasteiger partial charge in [0.2, 0.25) is 5.91 Å². The predicted octanol–water partition coefficient (Wildman–Crippen LogP) is 4.52. The molecule has 0 aliphatic heterocycles. The molecular weight excluding hydrogens is 362 g/mol. The number of ether oxygens (including phenoxy) is 1. The highest BCUT2D eigenvalue weighted by Gasteiger charge is 2.06. The van der Waals surface area contributed by atoms with Crippen LogP contribution in [0.15, 0.2) is 73.1 Å². The zero-order chi connectivity index (χ0) is 19.8. The summed E-state index contributed by atoms with van der Waals surface area (Å²) < 4.78 is 32.7. The number of amides is 1. The molecule has 0 bridgehead atoms. The Morgan fingerprint density at radius 1 is 1.11 bits per heavy atom. The van der Waals surface area contributed by atoms with Crippen LogP contribution in [0.3, 0.4) is 0 Å². The zero-order valence-electron chi connectivity index (χ0n) is 14.9. The van der Waals surface area contributed by atoms with Crippen molar-refractivity contribution in [1.82, 2.24) is 10.3 Å². The highest BCUT2D eigenvalue weighted by Crippen LogP contribution is 2.24. The Morgan fingerprint density at radius 2 is 2.00 bits per heavy atom. The summed E-state index contributed by atoms with van der Waals surface area (Å²) in [6.45, 7) is 0.374. The third kappa shape index (κ3) is 5.74. The van der Waals surface area contributed by atoms with Crippen LogP contribution < -0.4 is 10.1 Å². The highest BCUT2D eigenvalue weighted by atomic mass is 19.1. The Kier molecular flexibility index (Phi) is 6.46. The Balaban J connectivity index is 1.52. The van der Waals surface area contributed by atoms with Crippen LogP contribution >= 0.6 is 0 Å². The van der Waals surface area contributed by atoms with Crippen molar-refractivity contribution in [3.05, 3.63) is 95.8 Å². The molecule has 0 spiro atoms. The van der Waals surface area contributed by atoms with E-state index in [0.29, 0.717) is 24.3 Å². The van der Waals surface area contributed by atoms with Gasteiger partial charge in [-0.25, -0.2) is 8.78 Å². The van der Waals surface area contributed by atoms with Crippen LogP contribution in [0.2, 0.25) is 0 Å². The van der Waals surface area contributed by atoms with Gasteiger partial charge in [0.15, 0.2) is 11.6 Å². The first kappa shape index (κ1) is 19.2. The zero-order valence-corrected chi connectivity index (χ0v) is 14.9. The first-order valence-corrected chi connectivity index (χ1v) is 8.68. The van der Waals surface area contributed by atoms with E-state index < -0.39 is 5.82 Å². The van der Waals surface area contributed by atoms with Crippen molar-refractivity contribution in [2.45, 2.75) is 6.42 Å². The summed E-state index contributed by atoms with van der Waals surface area (Å²) in [4.78, 5) is 15.8. The molecule has 0 aliphatic carbocycles. The van der Waals surface area contributed by atoms with E-state index in [1.54, 1.807) is 36.5 Å². The van der Waals surface area contributed by atoms with Crippen LogP contribution in [0.1, 0.15) is 11.1 Å². The number of hydrogen-bond donors (Lipinski definition) is 1. The fraction of sp³-hybridized carbons (Fsp3) is 0.0909. The lowest BCUT2D eigenvalue weighted by Crippen LogP contribution is -2.23. The first-order valence-electron chi connectivity index (χ1n) is 8.68. The second-order valence-electron chi connectivity index (χ2n) is 5.98. The molecule has 0 radical (unpaired) electrons. The van der Waals surface area contributed by atoms with Gasteiger partial charge in [0.1, 0.15) is 11.6 Å². The predicted molar refractivity (Wildman–Crippen MR) is 103 cm³/mol. The molecule has 0 saturated heterocycles. The molecule has 6 heteroatoms. The first-order chi connectivity index (χ1) is 13.6. The minimum absolute atomic E-state index is 0.0738. The summed E-state index contributed by atoms with van der Waals surface area (Å²) in [5.74, 6) is -0.654. The maximum absolute atomic E-state index is 14.2. The molecule has 28 heavy (non-hydrogen) atoms. The van der Waals surface area contributed by atoms with E-state index >= 15 is 0 Å². The molecule has 1 N–H and O–H groups in total. The Bertz CT molecular complexity index is 975. The van der Waals surface area contributed by atoms with Crippen molar-refractivity contribution in [3.8, 4) is 11.5 Å². The van der Waals surface area contributed by atoms with E-state index in [4.69, 9.17) is 4.74 Å². The second-order valence-corrected chi connectivity index (χ2v) is 5.98. The second kappa shape index (κ2) is 9.41. The van der Waals surface area contributed by atoms with Gasteiger partial charge in [-0.15, -0.1) is 0 Å². The molecule has 0 fully saturated rings. The standard InChI is InChI=1S/C22H18F2N2O2/c23-18-4-1-3-16(13-18)10-12-26-22(27)9-7-17-6-8-21(20(24)14-17)28-19-5-2-11-25-15-19/h1-9,11,13-15H,10,12H2,(H,26,27)/b9-7+. The third-order valence-electron chi connectivity index (χ3n) is 3.85. The van der Waals surface area contributed by atoms with Crippen LogP contribution in [0, 0.1) is 11.6 Å². The fourth-order valence-corrected chi connectivity index (χ4v) is 2.49. The molecule has 1 amide bonds. The van der Waals surface area contributed by atoms with Crippen LogP contribution in [0.5, 0.6) is 11.5 Å². The number of carbonyl (C=O) groups excluding carboxylic acids is 1. The van der Waals surface area contributed by atoms with Gasteiger partial charge in [-0.3, -0.25) is 9.78 Å². The molecule has 0 aliphatic rings. The van der Waals surface area contributed by atoms with Crippen LogP contribution in [-0.4, -0.2) is 17.4 Å². The van der Waals surface area contributed by atoms with E-state index in [1.165, 1.54) is 42.6 Å². The summed E-state index contributed by atoms with van der Waals surface area (Å²) >= 11 is 0. The number of halogens is 2. The summed E-state index contributed by atoms with van der Waals surface area (Å²) in [5, 5.41) is 2.71. The van der Waals surface area contributed by atoms with Crippen molar-refractivity contribution in [1.29, 1.82) is 0 Å². The van der Waals surface area contributed by atoms with Gasteiger partial charge in [0, 0.05) is 18.8 Å². The van der Waals surface area contributed by atoms with Gasteiger partial charge in [-0.1, -0.05) is 18.2 Å². The number of rotatable bonds is 7. The monoisotopic (exact) mass is 380 g/mol. The van der Waals surface area contributed by atoms with Gasteiger partial charge in [-0.05, 0) is 60.0 Å². The number of pyridine rings is 1. The number of benzene rings is 2. The average molecular weight is 380 g/mol. The maximum atomic E-state index is 14.2. The molecule has 0 atom stereocenters. The summed E-state index contributed by atoms with van der Waals surface area (Å²) in [5.41, 5.74) is 1.33. The van der Waals surface area contributed by atoms with E-state index in [1.807, 2.05) is 0 Å². The molecule has 2 aromatic carbocycles. The Labute approximate surface area is 161 Å². The molecule has 0 unspecified atom stereocenters. The number of hydrogen-bond acceptors (Lipinski definition) is 3. The maximum Gasteiger partial charge on any atom is 0.244 e. The largest absolute Gasteiger partial charge is 0.453 e. The smallest absolute Gasteiger partial charge is 0.244 e. The normalized spacial score (nSPS) is 10.8. The van der Waals surface area contributed by atoms with Crippen molar-refractivity contribution in [2.75, 3.05) is 6.54 Å². The summed E-state index contributed by atoms with van der Waals surface area (Å²) in [6.07, 6.45) is 6.44. The van der Waals surface area contributed by atoms with E-state index in [2.05, 4.69) is 10.3 Å². The number of nitrogens with one attached hydrogen (secondary N) is 1. The molecule has 142 valence electrons. The summed E-state index contributed by atoms with van der Waals surface area (Å²) in [7, 11) is 0. The van der Waals surface area contributed by atoms with E-state index in [9.17, 15) is 13.6 Å². The minimum Gasteiger partial charge on any atom is -0.453 e. The van der Waals surface area contributed by atoms with Crippen molar-refractivity contribution in [3.63, 3.8) is 0 Å². The van der Waals surface area contributed by atoms with Crippen molar-refractivity contribution >= 4 is 12.0 Å². The Hall–Kier alpha value is -3.54. The van der Waals surface area contributed by atoms with Crippen LogP contribution in [0.4, 0.5) is 8.78 Å². The van der Waals surface area contributed by atoms with Gasteiger partial charge >= 0.3 is 0 Å². The van der Waals surface area contributed by atoms with Gasteiger partial charge in [0.25, 0.3) is 0 Å². The Morgan fingerprint density at radius 3 is 2.75 bits per heavy atom. The molecule has 3 aromatic rings.